The highest BCUT2D eigenvalue weighted by molar-refractivity contribution is 5.89. The first kappa shape index (κ1) is 21.8. The monoisotopic (exact) mass is 466 g/mol. The zero-order valence-corrected chi connectivity index (χ0v) is 18.3. The van der Waals surface area contributed by atoms with Gasteiger partial charge in [0.25, 0.3) is 0 Å². The van der Waals surface area contributed by atoms with Gasteiger partial charge in [0.1, 0.15) is 23.9 Å². The topological polar surface area (TPSA) is 87.3 Å². The summed E-state index contributed by atoms with van der Waals surface area (Å²) in [5.74, 6) is 2.29. The average Bonchev–Trinajstić information content (AvgIpc) is 3.31. The summed E-state index contributed by atoms with van der Waals surface area (Å²) in [5, 5.41) is 5.60. The summed E-state index contributed by atoms with van der Waals surface area (Å²) >= 11 is 0. The molecule has 3 aromatic rings. The van der Waals surface area contributed by atoms with Gasteiger partial charge < -0.3 is 34.3 Å². The highest BCUT2D eigenvalue weighted by Crippen LogP contribution is 2.35. The van der Waals surface area contributed by atoms with Crippen LogP contribution in [0.2, 0.25) is 0 Å². The van der Waals surface area contributed by atoms with Gasteiger partial charge in [0.15, 0.2) is 18.3 Å². The third kappa shape index (κ3) is 5.15. The second kappa shape index (κ2) is 9.88. The Kier molecular flexibility index (Phi) is 6.35. The van der Waals surface area contributed by atoms with Crippen molar-refractivity contribution in [1.29, 1.82) is 0 Å². The molecule has 0 fully saturated rings. The molecule has 2 N–H and O–H groups in total. The van der Waals surface area contributed by atoms with Crippen molar-refractivity contribution in [3.8, 4) is 23.0 Å². The van der Waals surface area contributed by atoms with Crippen molar-refractivity contribution in [2.75, 3.05) is 25.4 Å². The van der Waals surface area contributed by atoms with Crippen LogP contribution in [0, 0.1) is 5.82 Å². The van der Waals surface area contributed by atoms with Crippen molar-refractivity contribution in [3.05, 3.63) is 77.1 Å². The lowest BCUT2D eigenvalue weighted by atomic mass is 10.1. The molecule has 2 amide bonds. The number of carbonyl (C=O) groups excluding carboxylic acids is 1. The van der Waals surface area contributed by atoms with Crippen LogP contribution in [0.3, 0.4) is 0 Å². The first-order valence-corrected chi connectivity index (χ1v) is 10.8. The molecule has 0 bridgehead atoms. The number of urea groups is 1. The highest BCUT2D eigenvalue weighted by Gasteiger charge is 2.17. The van der Waals surface area contributed by atoms with Crippen molar-refractivity contribution in [2.45, 2.75) is 19.6 Å². The van der Waals surface area contributed by atoms with Crippen LogP contribution in [0.25, 0.3) is 0 Å². The molecule has 34 heavy (non-hydrogen) atoms. The third-order valence-corrected chi connectivity index (χ3v) is 5.37. The van der Waals surface area contributed by atoms with E-state index in [-0.39, 0.29) is 25.4 Å². The Morgan fingerprint density at radius 1 is 1.00 bits per heavy atom. The number of nitrogens with one attached hydrogen (secondary N) is 2. The fraction of sp³-hybridized carbons (Fsp3) is 0.240. The molecule has 0 aromatic heterocycles. The number of anilines is 1. The number of carbonyl (C=O) groups is 1. The number of hydrogen-bond acceptors (Lipinski definition) is 6. The molecular formula is C25H23FN2O6. The smallest absolute Gasteiger partial charge is 0.319 e. The number of hydrogen-bond donors (Lipinski definition) is 2. The summed E-state index contributed by atoms with van der Waals surface area (Å²) in [7, 11) is 0. The minimum absolute atomic E-state index is 0.133. The number of benzene rings is 3. The van der Waals surface area contributed by atoms with E-state index in [0.29, 0.717) is 66.0 Å². The summed E-state index contributed by atoms with van der Waals surface area (Å²) in [6, 6.07) is 15.3. The maximum Gasteiger partial charge on any atom is 0.319 e. The van der Waals surface area contributed by atoms with Gasteiger partial charge in [-0.1, -0.05) is 12.1 Å². The third-order valence-electron chi connectivity index (χ3n) is 5.37. The lowest BCUT2D eigenvalue weighted by Crippen LogP contribution is -2.30. The predicted octanol–water partition coefficient (Wildman–Crippen LogP) is 4.36. The van der Waals surface area contributed by atoms with Crippen molar-refractivity contribution < 1.29 is 32.9 Å². The SMILES string of the molecule is O=C(NCCc1cc(F)cc2c1OCOC2)Nc1cccc(COc2ccc3c(c2)OCO3)c1. The maximum absolute atomic E-state index is 13.9. The fourth-order valence-electron chi connectivity index (χ4n) is 3.80. The first-order valence-electron chi connectivity index (χ1n) is 10.8. The van der Waals surface area contributed by atoms with Crippen molar-refractivity contribution in [2.24, 2.45) is 0 Å². The standard InChI is InChI=1S/C25H23FN2O6/c26-19-9-17(24-18(10-19)13-30-14-34-24)6-7-27-25(29)28-20-3-1-2-16(8-20)12-31-21-4-5-22-23(11-21)33-15-32-22/h1-5,8-11H,6-7,12-15H2,(H2,27,28,29). The molecule has 2 aliphatic heterocycles. The number of rotatable bonds is 7. The summed E-state index contributed by atoms with van der Waals surface area (Å²) in [6.45, 7) is 1.29. The van der Waals surface area contributed by atoms with E-state index in [2.05, 4.69) is 10.6 Å². The summed E-state index contributed by atoms with van der Waals surface area (Å²) in [6.07, 6.45) is 0.428. The Bertz CT molecular complexity index is 1200. The molecule has 0 aliphatic carbocycles. The van der Waals surface area contributed by atoms with Gasteiger partial charge in [-0.05, 0) is 53.9 Å². The molecule has 2 aliphatic rings. The van der Waals surface area contributed by atoms with Crippen LogP contribution in [0.15, 0.2) is 54.6 Å². The molecule has 176 valence electrons. The Morgan fingerprint density at radius 3 is 2.85 bits per heavy atom. The Hall–Kier alpha value is -3.98. The van der Waals surface area contributed by atoms with Gasteiger partial charge in [-0.25, -0.2) is 9.18 Å². The largest absolute Gasteiger partial charge is 0.489 e. The van der Waals surface area contributed by atoms with Gasteiger partial charge in [0, 0.05) is 23.9 Å². The molecule has 0 unspecified atom stereocenters. The molecule has 0 atom stereocenters. The maximum atomic E-state index is 13.9. The lowest BCUT2D eigenvalue weighted by molar-refractivity contribution is -0.0172. The quantitative estimate of drug-likeness (QED) is 0.538. The van der Waals surface area contributed by atoms with Gasteiger partial charge >= 0.3 is 6.03 Å². The second-order valence-electron chi connectivity index (χ2n) is 7.80. The van der Waals surface area contributed by atoms with E-state index in [0.717, 1.165) is 5.56 Å². The number of fused-ring (bicyclic) bond motifs is 2. The van der Waals surface area contributed by atoms with E-state index in [4.69, 9.17) is 23.7 Å². The van der Waals surface area contributed by atoms with Gasteiger partial charge in [-0.3, -0.25) is 0 Å². The van der Waals surface area contributed by atoms with Crippen molar-refractivity contribution in [3.63, 3.8) is 0 Å². The number of halogens is 1. The Balaban J connectivity index is 1.12. The zero-order chi connectivity index (χ0) is 23.3. The Morgan fingerprint density at radius 2 is 1.91 bits per heavy atom. The fourth-order valence-corrected chi connectivity index (χ4v) is 3.80. The molecule has 9 heteroatoms. The van der Waals surface area contributed by atoms with Crippen LogP contribution in [0.4, 0.5) is 14.9 Å². The zero-order valence-electron chi connectivity index (χ0n) is 18.3. The van der Waals surface area contributed by atoms with Crippen molar-refractivity contribution >= 4 is 11.7 Å². The molecule has 5 rings (SSSR count). The van der Waals surface area contributed by atoms with Crippen LogP contribution in [-0.2, 0) is 24.4 Å². The average molecular weight is 466 g/mol. The summed E-state index contributed by atoms with van der Waals surface area (Å²) in [4.78, 5) is 12.4. The van der Waals surface area contributed by atoms with Crippen LogP contribution in [0.1, 0.15) is 16.7 Å². The number of ether oxygens (including phenoxy) is 5. The number of amides is 2. The van der Waals surface area contributed by atoms with E-state index in [1.165, 1.54) is 12.1 Å². The lowest BCUT2D eigenvalue weighted by Gasteiger charge is -2.21. The molecule has 3 aromatic carbocycles. The van der Waals surface area contributed by atoms with Gasteiger partial charge in [0.05, 0.1) is 6.61 Å². The second-order valence-corrected chi connectivity index (χ2v) is 7.80. The normalized spacial score (nSPS) is 13.6. The van der Waals surface area contributed by atoms with Gasteiger partial charge in [-0.15, -0.1) is 0 Å². The van der Waals surface area contributed by atoms with Crippen LogP contribution >= 0.6 is 0 Å². The predicted molar refractivity (Wildman–Crippen MR) is 121 cm³/mol. The van der Waals surface area contributed by atoms with E-state index >= 15 is 0 Å². The molecular weight excluding hydrogens is 443 g/mol. The van der Waals surface area contributed by atoms with Crippen LogP contribution < -0.4 is 29.6 Å². The van der Waals surface area contributed by atoms with Gasteiger partial charge in [0.2, 0.25) is 6.79 Å². The van der Waals surface area contributed by atoms with Gasteiger partial charge in [-0.2, -0.15) is 0 Å². The molecule has 2 heterocycles. The Labute approximate surface area is 195 Å². The minimum atomic E-state index is -0.358. The first-order chi connectivity index (χ1) is 16.6. The molecule has 8 nitrogen and oxygen atoms in total. The van der Waals surface area contributed by atoms with E-state index in [1.807, 2.05) is 24.3 Å². The molecule has 0 saturated heterocycles. The van der Waals surface area contributed by atoms with Crippen LogP contribution in [-0.4, -0.2) is 26.2 Å². The highest BCUT2D eigenvalue weighted by atomic mass is 19.1. The van der Waals surface area contributed by atoms with E-state index in [9.17, 15) is 9.18 Å². The summed E-state index contributed by atoms with van der Waals surface area (Å²) in [5.41, 5.74) is 2.89. The van der Waals surface area contributed by atoms with Crippen LogP contribution in [0.5, 0.6) is 23.0 Å². The molecule has 0 saturated carbocycles. The molecule has 0 spiro atoms. The van der Waals surface area contributed by atoms with E-state index < -0.39 is 0 Å². The minimum Gasteiger partial charge on any atom is -0.489 e. The van der Waals surface area contributed by atoms with E-state index in [1.54, 1.807) is 18.2 Å². The van der Waals surface area contributed by atoms with Crippen molar-refractivity contribution in [1.82, 2.24) is 5.32 Å². The molecule has 0 radical (unpaired) electrons. The summed E-state index contributed by atoms with van der Waals surface area (Å²) < 4.78 is 41.1.